The second kappa shape index (κ2) is 9.16. The minimum atomic E-state index is -3.53. The van der Waals surface area contributed by atoms with Gasteiger partial charge in [0.05, 0.1) is 10.6 Å². The molecule has 9 heteroatoms. The first kappa shape index (κ1) is 21.1. The van der Waals surface area contributed by atoms with Crippen LogP contribution in [-0.2, 0) is 14.8 Å². The van der Waals surface area contributed by atoms with E-state index in [9.17, 15) is 13.2 Å². The summed E-state index contributed by atoms with van der Waals surface area (Å²) in [5.41, 5.74) is 0.455. The second-order valence-corrected chi connectivity index (χ2v) is 10.3. The lowest BCUT2D eigenvalue weighted by Gasteiger charge is -2.31. The molecule has 144 valence electrons. The highest BCUT2D eigenvalue weighted by Crippen LogP contribution is 2.21. The van der Waals surface area contributed by atoms with Crippen LogP contribution in [0.25, 0.3) is 0 Å². The molecule has 1 heterocycles. The zero-order valence-corrected chi connectivity index (χ0v) is 17.7. The predicted octanol–water partition coefficient (Wildman–Crippen LogP) is 2.63. The summed E-state index contributed by atoms with van der Waals surface area (Å²) in [6.07, 6.45) is 2.25. The van der Waals surface area contributed by atoms with Gasteiger partial charge in [-0.15, -0.1) is 0 Å². The van der Waals surface area contributed by atoms with Crippen LogP contribution in [0.3, 0.4) is 0 Å². The van der Waals surface area contributed by atoms with E-state index in [4.69, 9.17) is 12.2 Å². The highest BCUT2D eigenvalue weighted by Gasteiger charge is 2.20. The number of rotatable bonds is 5. The smallest absolute Gasteiger partial charge is 0.242 e. The fraction of sp³-hybridized carbons (Fsp3) is 0.529. The minimum absolute atomic E-state index is 0.144. The number of thiocarbonyl (C=S) groups is 1. The molecule has 1 aromatic carbocycles. The predicted molar refractivity (Wildman–Crippen MR) is 111 cm³/mol. The van der Waals surface area contributed by atoms with Gasteiger partial charge in [-0.05, 0) is 37.0 Å². The quantitative estimate of drug-likeness (QED) is 0.746. The average molecular weight is 416 g/mol. The Balaban J connectivity index is 1.89. The Morgan fingerprint density at radius 3 is 2.62 bits per heavy atom. The SMILES string of the molecule is CC1CCN(C(=S)SCC(=O)Nc2cccc(S(=O)(=O)N(C)C)c2)CC1. The van der Waals surface area contributed by atoms with Crippen LogP contribution in [0.4, 0.5) is 5.69 Å². The fourth-order valence-electron chi connectivity index (χ4n) is 2.55. The maximum absolute atomic E-state index is 12.2. The number of sulfonamides is 1. The van der Waals surface area contributed by atoms with Crippen molar-refractivity contribution in [2.45, 2.75) is 24.7 Å². The number of hydrogen-bond acceptors (Lipinski definition) is 5. The van der Waals surface area contributed by atoms with Gasteiger partial charge >= 0.3 is 0 Å². The Morgan fingerprint density at radius 1 is 1.35 bits per heavy atom. The summed E-state index contributed by atoms with van der Waals surface area (Å²) < 4.78 is 26.2. The molecular formula is C17H25N3O3S3. The van der Waals surface area contributed by atoms with Crippen molar-refractivity contribution in [3.63, 3.8) is 0 Å². The minimum Gasteiger partial charge on any atom is -0.357 e. The van der Waals surface area contributed by atoms with Crippen molar-refractivity contribution in [1.82, 2.24) is 9.21 Å². The zero-order chi connectivity index (χ0) is 19.3. The molecule has 0 bridgehead atoms. The van der Waals surface area contributed by atoms with Crippen molar-refractivity contribution < 1.29 is 13.2 Å². The summed E-state index contributed by atoms with van der Waals surface area (Å²) >= 11 is 6.76. The van der Waals surface area contributed by atoms with E-state index in [1.807, 2.05) is 0 Å². The number of nitrogens with one attached hydrogen (secondary N) is 1. The molecule has 1 N–H and O–H groups in total. The molecule has 1 fully saturated rings. The number of piperidine rings is 1. The lowest BCUT2D eigenvalue weighted by atomic mass is 10.00. The van der Waals surface area contributed by atoms with Gasteiger partial charge in [-0.1, -0.05) is 37.0 Å². The van der Waals surface area contributed by atoms with Gasteiger partial charge in [0.2, 0.25) is 15.9 Å². The summed E-state index contributed by atoms with van der Waals surface area (Å²) in [5.74, 6) is 0.727. The number of benzene rings is 1. The van der Waals surface area contributed by atoms with E-state index in [1.165, 1.54) is 38.0 Å². The van der Waals surface area contributed by atoms with Crippen LogP contribution < -0.4 is 5.32 Å². The molecule has 0 atom stereocenters. The Hall–Kier alpha value is -1.16. The maximum atomic E-state index is 12.2. The largest absolute Gasteiger partial charge is 0.357 e. The van der Waals surface area contributed by atoms with Gasteiger partial charge in [0.1, 0.15) is 4.32 Å². The van der Waals surface area contributed by atoms with Gasteiger partial charge in [0, 0.05) is 32.9 Å². The number of carbonyl (C=O) groups is 1. The van der Waals surface area contributed by atoms with Crippen molar-refractivity contribution in [3.8, 4) is 0 Å². The van der Waals surface area contributed by atoms with Gasteiger partial charge in [-0.3, -0.25) is 4.79 Å². The number of carbonyl (C=O) groups excluding carboxylic acids is 1. The van der Waals surface area contributed by atoms with E-state index < -0.39 is 10.0 Å². The number of anilines is 1. The van der Waals surface area contributed by atoms with Crippen LogP contribution >= 0.6 is 24.0 Å². The van der Waals surface area contributed by atoms with Crippen LogP contribution in [-0.4, -0.2) is 60.8 Å². The van der Waals surface area contributed by atoms with Crippen molar-refractivity contribution in [3.05, 3.63) is 24.3 Å². The van der Waals surface area contributed by atoms with E-state index in [0.717, 1.165) is 40.5 Å². The second-order valence-electron chi connectivity index (χ2n) is 6.59. The monoisotopic (exact) mass is 415 g/mol. The van der Waals surface area contributed by atoms with E-state index in [0.29, 0.717) is 5.69 Å². The van der Waals surface area contributed by atoms with Crippen LogP contribution in [0.2, 0.25) is 0 Å². The standard InChI is InChI=1S/C17H25N3O3S3/c1-13-7-9-20(10-8-13)17(24)25-12-16(21)18-14-5-4-6-15(11-14)26(22,23)19(2)3/h4-6,11,13H,7-10,12H2,1-3H3,(H,18,21). The first-order valence-electron chi connectivity index (χ1n) is 8.44. The van der Waals surface area contributed by atoms with E-state index >= 15 is 0 Å². The maximum Gasteiger partial charge on any atom is 0.242 e. The third-order valence-electron chi connectivity index (χ3n) is 4.26. The van der Waals surface area contributed by atoms with Crippen LogP contribution in [0.15, 0.2) is 29.2 Å². The van der Waals surface area contributed by atoms with Crippen molar-refractivity contribution >= 4 is 49.9 Å². The number of amides is 1. The number of hydrogen-bond donors (Lipinski definition) is 1. The highest BCUT2D eigenvalue weighted by molar-refractivity contribution is 8.23. The molecule has 0 spiro atoms. The van der Waals surface area contributed by atoms with Gasteiger partial charge < -0.3 is 10.2 Å². The highest BCUT2D eigenvalue weighted by atomic mass is 32.2. The van der Waals surface area contributed by atoms with E-state index in [1.54, 1.807) is 12.1 Å². The molecule has 1 amide bonds. The molecule has 6 nitrogen and oxygen atoms in total. The van der Waals surface area contributed by atoms with Crippen molar-refractivity contribution in [2.75, 3.05) is 38.3 Å². The summed E-state index contributed by atoms with van der Waals surface area (Å²) in [6, 6.07) is 6.24. The lowest BCUT2D eigenvalue weighted by Crippen LogP contribution is -2.36. The molecule has 0 aromatic heterocycles. The normalized spacial score (nSPS) is 15.9. The topological polar surface area (TPSA) is 69.7 Å². The number of likely N-dealkylation sites (tertiary alicyclic amines) is 1. The average Bonchev–Trinajstić information content (AvgIpc) is 2.60. The number of thioether (sulfide) groups is 1. The zero-order valence-electron chi connectivity index (χ0n) is 15.3. The Kier molecular flexibility index (Phi) is 7.45. The first-order valence-corrected chi connectivity index (χ1v) is 11.3. The molecule has 1 aromatic rings. The molecule has 2 rings (SSSR count). The Bertz CT molecular complexity index is 758. The fourth-order valence-corrected chi connectivity index (χ4v) is 4.55. The Morgan fingerprint density at radius 2 is 2.00 bits per heavy atom. The first-order chi connectivity index (χ1) is 12.2. The van der Waals surface area contributed by atoms with Gasteiger partial charge in [-0.25, -0.2) is 12.7 Å². The van der Waals surface area contributed by atoms with Gasteiger partial charge in [0.15, 0.2) is 0 Å². The summed E-state index contributed by atoms with van der Waals surface area (Å²) in [5, 5.41) is 2.74. The third-order valence-corrected chi connectivity index (χ3v) is 7.60. The molecule has 0 saturated carbocycles. The van der Waals surface area contributed by atoms with Crippen LogP contribution in [0.5, 0.6) is 0 Å². The van der Waals surface area contributed by atoms with Gasteiger partial charge in [-0.2, -0.15) is 0 Å². The molecule has 0 aliphatic carbocycles. The molecule has 0 radical (unpaired) electrons. The molecule has 1 aliphatic rings. The van der Waals surface area contributed by atoms with Crippen molar-refractivity contribution in [1.29, 1.82) is 0 Å². The number of nitrogens with zero attached hydrogens (tertiary/aromatic N) is 2. The summed E-state index contributed by atoms with van der Waals surface area (Å²) in [4.78, 5) is 14.5. The van der Waals surface area contributed by atoms with Gasteiger partial charge in [0.25, 0.3) is 0 Å². The summed E-state index contributed by atoms with van der Waals surface area (Å²) in [6.45, 7) is 4.13. The molecule has 1 aliphatic heterocycles. The molecular weight excluding hydrogens is 390 g/mol. The molecule has 26 heavy (non-hydrogen) atoms. The molecule has 0 unspecified atom stereocenters. The molecule has 1 saturated heterocycles. The van der Waals surface area contributed by atoms with Crippen LogP contribution in [0, 0.1) is 5.92 Å². The summed E-state index contributed by atoms with van der Waals surface area (Å²) in [7, 11) is -0.587. The van der Waals surface area contributed by atoms with E-state index in [2.05, 4.69) is 17.1 Å². The van der Waals surface area contributed by atoms with E-state index in [-0.39, 0.29) is 16.6 Å². The third kappa shape index (κ3) is 5.67. The van der Waals surface area contributed by atoms with Crippen LogP contribution in [0.1, 0.15) is 19.8 Å². The van der Waals surface area contributed by atoms with Crippen molar-refractivity contribution in [2.24, 2.45) is 5.92 Å². The lowest BCUT2D eigenvalue weighted by molar-refractivity contribution is -0.113. The Labute approximate surface area is 165 Å².